The summed E-state index contributed by atoms with van der Waals surface area (Å²) in [6.45, 7) is 1.61. The Balaban J connectivity index is 2.13. The zero-order valence-electron chi connectivity index (χ0n) is 7.98. The van der Waals surface area contributed by atoms with E-state index in [2.05, 4.69) is 26.3 Å². The summed E-state index contributed by atoms with van der Waals surface area (Å²) < 4.78 is 8.44. The predicted octanol–water partition coefficient (Wildman–Crippen LogP) is 1.87. The summed E-state index contributed by atoms with van der Waals surface area (Å²) in [5.41, 5.74) is 1.07. The molecule has 0 bridgehead atoms. The van der Waals surface area contributed by atoms with Gasteiger partial charge in [0.2, 0.25) is 6.35 Å². The zero-order chi connectivity index (χ0) is 10.3. The Kier molecular flexibility index (Phi) is 2.23. The number of hydrogen-bond donors (Lipinski definition) is 1. The number of ether oxygens (including phenoxy) is 1. The van der Waals surface area contributed by atoms with Crippen LogP contribution in [0, 0.1) is 0 Å². The lowest BCUT2D eigenvalue weighted by atomic mass is 10.3. The molecule has 1 N–H and O–H groups in total. The molecule has 1 unspecified atom stereocenters. The van der Waals surface area contributed by atoms with Crippen LogP contribution in [0.1, 0.15) is 6.35 Å². The molecule has 15 heavy (non-hydrogen) atoms. The van der Waals surface area contributed by atoms with Crippen molar-refractivity contribution in [3.05, 3.63) is 28.9 Å². The fourth-order valence-electron chi connectivity index (χ4n) is 1.77. The van der Waals surface area contributed by atoms with E-state index in [9.17, 15) is 0 Å². The Morgan fingerprint density at radius 1 is 1.53 bits per heavy atom. The van der Waals surface area contributed by atoms with Gasteiger partial charge in [-0.05, 0) is 12.1 Å². The van der Waals surface area contributed by atoms with E-state index in [1.54, 1.807) is 0 Å². The van der Waals surface area contributed by atoms with E-state index in [0.717, 1.165) is 28.5 Å². The first-order chi connectivity index (χ1) is 7.34. The van der Waals surface area contributed by atoms with Gasteiger partial charge in [-0.25, -0.2) is 4.68 Å². The lowest BCUT2D eigenvalue weighted by Gasteiger charge is -2.11. The van der Waals surface area contributed by atoms with Gasteiger partial charge in [0.1, 0.15) is 0 Å². The molecule has 2 aromatic rings. The van der Waals surface area contributed by atoms with Crippen molar-refractivity contribution in [2.75, 3.05) is 13.2 Å². The summed E-state index contributed by atoms with van der Waals surface area (Å²) in [5.74, 6) is 0. The number of halogens is 1. The first kappa shape index (κ1) is 9.33. The quantitative estimate of drug-likeness (QED) is 0.858. The molecule has 1 aliphatic heterocycles. The number of nitrogens with zero attached hydrogens (tertiary/aromatic N) is 2. The van der Waals surface area contributed by atoms with Crippen molar-refractivity contribution in [1.82, 2.24) is 15.1 Å². The largest absolute Gasteiger partial charge is 0.342 e. The molecule has 0 radical (unpaired) electrons. The fourth-order valence-corrected chi connectivity index (χ4v) is 2.12. The number of fused-ring (bicyclic) bond motifs is 1. The van der Waals surface area contributed by atoms with E-state index >= 15 is 0 Å². The minimum atomic E-state index is -0.128. The molecule has 1 atom stereocenters. The van der Waals surface area contributed by atoms with Crippen LogP contribution in [0.5, 0.6) is 0 Å². The minimum absolute atomic E-state index is 0.128. The molecule has 4 nitrogen and oxygen atoms in total. The second kappa shape index (κ2) is 3.59. The zero-order valence-corrected chi connectivity index (χ0v) is 9.57. The van der Waals surface area contributed by atoms with Gasteiger partial charge in [0.15, 0.2) is 0 Å². The molecule has 0 aliphatic carbocycles. The highest BCUT2D eigenvalue weighted by Crippen LogP contribution is 2.22. The molecule has 1 aliphatic rings. The maximum atomic E-state index is 5.52. The molecule has 1 aromatic carbocycles. The molecule has 0 spiro atoms. The second-order valence-corrected chi connectivity index (χ2v) is 4.39. The molecule has 0 saturated carbocycles. The van der Waals surface area contributed by atoms with Crippen LogP contribution in [0.2, 0.25) is 0 Å². The lowest BCUT2D eigenvalue weighted by Crippen LogP contribution is -2.21. The normalized spacial score (nSPS) is 21.3. The fraction of sp³-hybridized carbons (Fsp3) is 0.300. The van der Waals surface area contributed by atoms with Crippen molar-refractivity contribution in [3.8, 4) is 0 Å². The smallest absolute Gasteiger partial charge is 0.206 e. The summed E-state index contributed by atoms with van der Waals surface area (Å²) in [7, 11) is 0. The van der Waals surface area contributed by atoms with Crippen molar-refractivity contribution in [3.63, 3.8) is 0 Å². The monoisotopic (exact) mass is 267 g/mol. The molecule has 2 heterocycles. The van der Waals surface area contributed by atoms with Crippen LogP contribution in [0.15, 0.2) is 28.9 Å². The van der Waals surface area contributed by atoms with Crippen LogP contribution in [-0.2, 0) is 4.74 Å². The maximum absolute atomic E-state index is 5.52. The van der Waals surface area contributed by atoms with Crippen molar-refractivity contribution >= 4 is 26.8 Å². The first-order valence-electron chi connectivity index (χ1n) is 4.82. The van der Waals surface area contributed by atoms with Gasteiger partial charge in [0, 0.05) is 16.4 Å². The standard InChI is InChI=1S/C10H10BrN3O/c11-8-2-1-7-6-13-14(9(7)5-8)10-12-3-4-15-10/h1-2,5-6,10,12H,3-4H2. The van der Waals surface area contributed by atoms with Crippen LogP contribution >= 0.6 is 15.9 Å². The van der Waals surface area contributed by atoms with Gasteiger partial charge in [-0.1, -0.05) is 22.0 Å². The van der Waals surface area contributed by atoms with Gasteiger partial charge in [-0.15, -0.1) is 0 Å². The third kappa shape index (κ3) is 1.56. The number of benzene rings is 1. The molecular formula is C10H10BrN3O. The molecule has 1 aromatic heterocycles. The van der Waals surface area contributed by atoms with Gasteiger partial charge in [0.05, 0.1) is 18.3 Å². The molecule has 0 amide bonds. The van der Waals surface area contributed by atoms with Crippen LogP contribution in [0.4, 0.5) is 0 Å². The Morgan fingerprint density at radius 3 is 3.27 bits per heavy atom. The molecular weight excluding hydrogens is 258 g/mol. The summed E-state index contributed by atoms with van der Waals surface area (Å²) in [6, 6.07) is 6.10. The Bertz CT molecular complexity index is 490. The third-order valence-corrected chi connectivity index (χ3v) is 2.97. The number of nitrogens with one attached hydrogen (secondary N) is 1. The van der Waals surface area contributed by atoms with Crippen LogP contribution in [0.25, 0.3) is 10.9 Å². The van der Waals surface area contributed by atoms with Gasteiger partial charge in [0.25, 0.3) is 0 Å². The average Bonchev–Trinajstić information content (AvgIpc) is 2.83. The highest BCUT2D eigenvalue weighted by molar-refractivity contribution is 9.10. The summed E-state index contributed by atoms with van der Waals surface area (Å²) in [4.78, 5) is 0. The Hall–Kier alpha value is -0.910. The van der Waals surface area contributed by atoms with Crippen LogP contribution in [-0.4, -0.2) is 22.9 Å². The van der Waals surface area contributed by atoms with Gasteiger partial charge in [-0.2, -0.15) is 5.10 Å². The van der Waals surface area contributed by atoms with E-state index in [-0.39, 0.29) is 6.35 Å². The summed E-state index contributed by atoms with van der Waals surface area (Å²) >= 11 is 3.46. The Labute approximate surface area is 95.3 Å². The lowest BCUT2D eigenvalue weighted by molar-refractivity contribution is 0.0380. The molecule has 1 fully saturated rings. The second-order valence-electron chi connectivity index (χ2n) is 3.47. The van der Waals surface area contributed by atoms with Crippen LogP contribution < -0.4 is 5.32 Å². The summed E-state index contributed by atoms with van der Waals surface area (Å²) in [5, 5.41) is 8.68. The summed E-state index contributed by atoms with van der Waals surface area (Å²) in [6.07, 6.45) is 1.72. The molecule has 78 valence electrons. The van der Waals surface area contributed by atoms with E-state index < -0.39 is 0 Å². The topological polar surface area (TPSA) is 39.1 Å². The number of rotatable bonds is 1. The first-order valence-corrected chi connectivity index (χ1v) is 5.62. The van der Waals surface area contributed by atoms with Crippen molar-refractivity contribution in [2.45, 2.75) is 6.35 Å². The SMILES string of the molecule is Brc1ccc2cnn(C3NCCO3)c2c1. The van der Waals surface area contributed by atoms with Gasteiger partial charge >= 0.3 is 0 Å². The number of aromatic nitrogens is 2. The number of hydrogen-bond acceptors (Lipinski definition) is 3. The van der Waals surface area contributed by atoms with Crippen molar-refractivity contribution < 1.29 is 4.74 Å². The maximum Gasteiger partial charge on any atom is 0.206 e. The molecule has 5 heteroatoms. The average molecular weight is 268 g/mol. The van der Waals surface area contributed by atoms with Gasteiger partial charge in [-0.3, -0.25) is 5.32 Å². The van der Waals surface area contributed by atoms with Gasteiger partial charge < -0.3 is 4.74 Å². The highest BCUT2D eigenvalue weighted by Gasteiger charge is 2.18. The minimum Gasteiger partial charge on any atom is -0.342 e. The van der Waals surface area contributed by atoms with E-state index in [0.29, 0.717) is 0 Å². The van der Waals surface area contributed by atoms with Crippen molar-refractivity contribution in [2.24, 2.45) is 0 Å². The molecule has 3 rings (SSSR count). The van der Waals surface area contributed by atoms with Crippen LogP contribution in [0.3, 0.4) is 0 Å². The van der Waals surface area contributed by atoms with E-state index in [1.165, 1.54) is 0 Å². The third-order valence-electron chi connectivity index (χ3n) is 2.48. The van der Waals surface area contributed by atoms with Crippen molar-refractivity contribution in [1.29, 1.82) is 0 Å². The Morgan fingerprint density at radius 2 is 2.47 bits per heavy atom. The molecule has 1 saturated heterocycles. The van der Waals surface area contributed by atoms with E-state index in [1.807, 2.05) is 29.1 Å². The highest BCUT2D eigenvalue weighted by atomic mass is 79.9. The predicted molar refractivity (Wildman–Crippen MR) is 60.4 cm³/mol. The van der Waals surface area contributed by atoms with E-state index in [4.69, 9.17) is 4.74 Å².